The van der Waals surface area contributed by atoms with Crippen LogP contribution in [0.4, 0.5) is 5.69 Å². The summed E-state index contributed by atoms with van der Waals surface area (Å²) in [7, 11) is 1.32. The summed E-state index contributed by atoms with van der Waals surface area (Å²) >= 11 is 1.24. The normalized spacial score (nSPS) is 11.2. The number of methoxy groups -OCH3 is 1. The molecule has 0 bridgehead atoms. The number of nitrogens with zero attached hydrogens (tertiary/aromatic N) is 3. The maximum absolute atomic E-state index is 12.4. The van der Waals surface area contributed by atoms with E-state index in [1.807, 2.05) is 24.7 Å². The molecule has 0 radical (unpaired) electrons. The van der Waals surface area contributed by atoms with Crippen molar-refractivity contribution in [3.05, 3.63) is 39.3 Å². The van der Waals surface area contributed by atoms with Crippen LogP contribution in [-0.2, 0) is 16.0 Å². The standard InChI is InChI=1S/C20H24N4O3S/c1-11(2)24-19-15(10-21-24)12(3)14(13(4)22-19)6-7-17(25)23-16-8-9-28-18(16)20(26)27-5/h8-11H,6-7H2,1-5H3,(H,23,25). The minimum absolute atomic E-state index is 0.152. The number of fused-ring (bicyclic) bond motifs is 1. The van der Waals surface area contributed by atoms with E-state index in [-0.39, 0.29) is 11.9 Å². The Morgan fingerprint density at radius 3 is 2.75 bits per heavy atom. The summed E-state index contributed by atoms with van der Waals surface area (Å²) in [5.74, 6) is -0.603. The van der Waals surface area contributed by atoms with Crippen molar-refractivity contribution in [3.63, 3.8) is 0 Å². The second-order valence-electron chi connectivity index (χ2n) is 6.92. The highest BCUT2D eigenvalue weighted by molar-refractivity contribution is 7.12. The number of aromatic nitrogens is 3. The molecule has 3 rings (SSSR count). The Balaban J connectivity index is 1.76. The van der Waals surface area contributed by atoms with Gasteiger partial charge in [-0.1, -0.05) is 0 Å². The van der Waals surface area contributed by atoms with Gasteiger partial charge in [0.05, 0.1) is 19.0 Å². The van der Waals surface area contributed by atoms with Crippen LogP contribution >= 0.6 is 11.3 Å². The van der Waals surface area contributed by atoms with Gasteiger partial charge in [0.1, 0.15) is 4.88 Å². The minimum Gasteiger partial charge on any atom is -0.465 e. The van der Waals surface area contributed by atoms with Crippen molar-refractivity contribution < 1.29 is 14.3 Å². The predicted molar refractivity (Wildman–Crippen MR) is 110 cm³/mol. The quantitative estimate of drug-likeness (QED) is 0.631. The number of hydrogen-bond acceptors (Lipinski definition) is 6. The molecule has 1 amide bonds. The molecule has 0 fully saturated rings. The number of pyridine rings is 1. The van der Waals surface area contributed by atoms with Gasteiger partial charge in [-0.25, -0.2) is 14.5 Å². The first kappa shape index (κ1) is 20.0. The molecule has 0 aliphatic rings. The summed E-state index contributed by atoms with van der Waals surface area (Å²) in [4.78, 5) is 29.3. The fraction of sp³-hybridized carbons (Fsp3) is 0.400. The summed E-state index contributed by atoms with van der Waals surface area (Å²) in [5, 5.41) is 10.0. The van der Waals surface area contributed by atoms with Gasteiger partial charge in [0.25, 0.3) is 0 Å². The van der Waals surface area contributed by atoms with E-state index in [0.717, 1.165) is 27.9 Å². The smallest absolute Gasteiger partial charge is 0.350 e. The molecule has 8 heteroatoms. The molecule has 0 saturated heterocycles. The first-order valence-electron chi connectivity index (χ1n) is 9.12. The molecule has 148 valence electrons. The maximum atomic E-state index is 12.4. The molecule has 0 atom stereocenters. The summed E-state index contributed by atoms with van der Waals surface area (Å²) in [6, 6.07) is 1.94. The van der Waals surface area contributed by atoms with E-state index in [0.29, 0.717) is 23.4 Å². The predicted octanol–water partition coefficient (Wildman–Crippen LogP) is 4.05. The Hall–Kier alpha value is -2.74. The minimum atomic E-state index is -0.450. The van der Waals surface area contributed by atoms with E-state index in [9.17, 15) is 9.59 Å². The lowest BCUT2D eigenvalue weighted by atomic mass is 10.0. The number of esters is 1. The molecule has 0 saturated carbocycles. The van der Waals surface area contributed by atoms with Gasteiger partial charge in [0.2, 0.25) is 5.91 Å². The van der Waals surface area contributed by atoms with E-state index in [4.69, 9.17) is 9.72 Å². The highest BCUT2D eigenvalue weighted by atomic mass is 32.1. The van der Waals surface area contributed by atoms with Crippen LogP contribution in [0, 0.1) is 13.8 Å². The molecule has 3 aromatic rings. The van der Waals surface area contributed by atoms with Crippen molar-refractivity contribution in [1.29, 1.82) is 0 Å². The second-order valence-corrected chi connectivity index (χ2v) is 7.84. The third-order valence-electron chi connectivity index (χ3n) is 4.74. The van der Waals surface area contributed by atoms with E-state index >= 15 is 0 Å². The highest BCUT2D eigenvalue weighted by Crippen LogP contribution is 2.26. The summed E-state index contributed by atoms with van der Waals surface area (Å²) in [6.45, 7) is 8.16. The molecular formula is C20H24N4O3S. The number of amides is 1. The van der Waals surface area contributed by atoms with Crippen LogP contribution in [-0.4, -0.2) is 33.8 Å². The first-order chi connectivity index (χ1) is 13.3. The lowest BCUT2D eigenvalue weighted by Crippen LogP contribution is -2.15. The summed E-state index contributed by atoms with van der Waals surface area (Å²) in [6.07, 6.45) is 2.70. The van der Waals surface area contributed by atoms with Crippen LogP contribution < -0.4 is 5.32 Å². The van der Waals surface area contributed by atoms with Crippen LogP contribution in [0.3, 0.4) is 0 Å². The molecule has 0 aliphatic heterocycles. The van der Waals surface area contributed by atoms with Crippen molar-refractivity contribution in [2.24, 2.45) is 0 Å². The fourth-order valence-electron chi connectivity index (χ4n) is 3.25. The Morgan fingerprint density at radius 1 is 1.32 bits per heavy atom. The van der Waals surface area contributed by atoms with Gasteiger partial charge in [0.15, 0.2) is 5.65 Å². The zero-order valence-corrected chi connectivity index (χ0v) is 17.5. The first-order valence-corrected chi connectivity index (χ1v) is 10.00. The molecule has 7 nitrogen and oxygen atoms in total. The Kier molecular flexibility index (Phi) is 5.79. The van der Waals surface area contributed by atoms with Gasteiger partial charge in [0, 0.05) is 23.5 Å². The molecule has 0 aliphatic carbocycles. The zero-order chi connectivity index (χ0) is 20.4. The van der Waals surface area contributed by atoms with Crippen molar-refractivity contribution in [2.45, 2.75) is 46.6 Å². The van der Waals surface area contributed by atoms with Crippen LogP contribution in [0.5, 0.6) is 0 Å². The average molecular weight is 401 g/mol. The Labute approximate surface area is 167 Å². The zero-order valence-electron chi connectivity index (χ0n) is 16.7. The lowest BCUT2D eigenvalue weighted by Gasteiger charge is -2.12. The van der Waals surface area contributed by atoms with E-state index in [1.165, 1.54) is 18.4 Å². The van der Waals surface area contributed by atoms with Crippen molar-refractivity contribution in [1.82, 2.24) is 14.8 Å². The molecule has 3 aromatic heterocycles. The Bertz CT molecular complexity index is 1040. The lowest BCUT2D eigenvalue weighted by molar-refractivity contribution is -0.116. The third-order valence-corrected chi connectivity index (χ3v) is 5.63. The van der Waals surface area contributed by atoms with Gasteiger partial charge in [-0.3, -0.25) is 4.79 Å². The van der Waals surface area contributed by atoms with Crippen LogP contribution in [0.25, 0.3) is 11.0 Å². The third kappa shape index (κ3) is 3.77. The van der Waals surface area contributed by atoms with E-state index in [1.54, 1.807) is 11.4 Å². The number of ether oxygens (including phenoxy) is 1. The highest BCUT2D eigenvalue weighted by Gasteiger charge is 2.18. The van der Waals surface area contributed by atoms with Crippen LogP contribution in [0.2, 0.25) is 0 Å². The van der Waals surface area contributed by atoms with Gasteiger partial charge >= 0.3 is 5.97 Å². The molecule has 0 unspecified atom stereocenters. The number of nitrogens with one attached hydrogen (secondary N) is 1. The molecule has 1 N–H and O–H groups in total. The topological polar surface area (TPSA) is 86.1 Å². The molecule has 0 spiro atoms. The number of carbonyl (C=O) groups excluding carboxylic acids is 2. The van der Waals surface area contributed by atoms with Gasteiger partial charge < -0.3 is 10.1 Å². The van der Waals surface area contributed by atoms with Crippen LogP contribution in [0.15, 0.2) is 17.6 Å². The number of anilines is 1. The SMILES string of the molecule is COC(=O)c1sccc1NC(=O)CCc1c(C)nc2c(cnn2C(C)C)c1C. The van der Waals surface area contributed by atoms with E-state index < -0.39 is 5.97 Å². The summed E-state index contributed by atoms with van der Waals surface area (Å²) < 4.78 is 6.65. The van der Waals surface area contributed by atoms with Crippen molar-refractivity contribution in [3.8, 4) is 0 Å². The largest absolute Gasteiger partial charge is 0.465 e. The second kappa shape index (κ2) is 8.10. The van der Waals surface area contributed by atoms with Gasteiger partial charge in [-0.05, 0) is 56.7 Å². The Morgan fingerprint density at radius 2 is 2.07 bits per heavy atom. The summed E-state index contributed by atoms with van der Waals surface area (Å²) in [5.41, 5.74) is 4.43. The van der Waals surface area contributed by atoms with Crippen molar-refractivity contribution in [2.75, 3.05) is 12.4 Å². The number of rotatable bonds is 6. The number of hydrogen-bond donors (Lipinski definition) is 1. The maximum Gasteiger partial charge on any atom is 0.350 e. The number of carbonyl (C=O) groups is 2. The molecule has 0 aromatic carbocycles. The number of aryl methyl sites for hydroxylation is 2. The van der Waals surface area contributed by atoms with E-state index in [2.05, 4.69) is 24.3 Å². The molecular weight excluding hydrogens is 376 g/mol. The fourth-order valence-corrected chi connectivity index (χ4v) is 4.01. The number of thiophene rings is 1. The van der Waals surface area contributed by atoms with Crippen LogP contribution in [0.1, 0.15) is 52.8 Å². The molecule has 28 heavy (non-hydrogen) atoms. The monoisotopic (exact) mass is 400 g/mol. The van der Waals surface area contributed by atoms with Gasteiger partial charge in [-0.2, -0.15) is 5.10 Å². The van der Waals surface area contributed by atoms with Crippen molar-refractivity contribution >= 4 is 39.9 Å². The molecule has 3 heterocycles. The van der Waals surface area contributed by atoms with Gasteiger partial charge in [-0.15, -0.1) is 11.3 Å². The average Bonchev–Trinajstić information content (AvgIpc) is 3.27.